The lowest BCUT2D eigenvalue weighted by molar-refractivity contribution is 0.0960. The SMILES string of the molecule is CNC(=O)c1ccccc1Oc1nc(Nc2ccc(C)cc2Cl)ncc1C. The molecule has 0 aliphatic rings. The highest BCUT2D eigenvalue weighted by atomic mass is 35.5. The number of amides is 1. The average molecular weight is 383 g/mol. The number of halogens is 1. The summed E-state index contributed by atoms with van der Waals surface area (Å²) in [5.74, 6) is 0.880. The molecule has 1 aromatic heterocycles. The molecule has 0 aliphatic heterocycles. The van der Waals surface area contributed by atoms with Crippen molar-refractivity contribution in [2.45, 2.75) is 13.8 Å². The predicted octanol–water partition coefficient (Wildman–Crippen LogP) is 4.64. The third kappa shape index (κ3) is 4.35. The van der Waals surface area contributed by atoms with Gasteiger partial charge in [0.15, 0.2) is 0 Å². The first-order chi connectivity index (χ1) is 13.0. The molecule has 138 valence electrons. The van der Waals surface area contributed by atoms with Crippen LogP contribution in [0.15, 0.2) is 48.7 Å². The van der Waals surface area contributed by atoms with Gasteiger partial charge in [-0.15, -0.1) is 0 Å². The molecule has 27 heavy (non-hydrogen) atoms. The Morgan fingerprint density at radius 1 is 1.15 bits per heavy atom. The standard InChI is InChI=1S/C20H19ClN4O2/c1-12-8-9-16(15(21)10-12)24-20-23-11-13(2)19(25-20)27-17-7-5-4-6-14(17)18(26)22-3/h4-11H,1-3H3,(H,22,26)(H,23,24,25). The molecule has 0 saturated carbocycles. The van der Waals surface area contributed by atoms with Crippen LogP contribution in [0.25, 0.3) is 0 Å². The summed E-state index contributed by atoms with van der Waals surface area (Å²) in [5.41, 5.74) is 2.92. The van der Waals surface area contributed by atoms with Gasteiger partial charge in [-0.2, -0.15) is 4.98 Å². The highest BCUT2D eigenvalue weighted by Gasteiger charge is 2.14. The number of rotatable bonds is 5. The molecule has 3 rings (SSSR count). The smallest absolute Gasteiger partial charge is 0.254 e. The molecule has 0 fully saturated rings. The molecular formula is C20H19ClN4O2. The Hall–Kier alpha value is -3.12. The van der Waals surface area contributed by atoms with Crippen molar-refractivity contribution in [1.29, 1.82) is 0 Å². The zero-order valence-corrected chi connectivity index (χ0v) is 16.0. The zero-order valence-electron chi connectivity index (χ0n) is 15.2. The lowest BCUT2D eigenvalue weighted by atomic mass is 10.2. The van der Waals surface area contributed by atoms with Gasteiger partial charge in [0.05, 0.1) is 16.3 Å². The van der Waals surface area contributed by atoms with Crippen LogP contribution in [-0.2, 0) is 0 Å². The van der Waals surface area contributed by atoms with Crippen molar-refractivity contribution in [1.82, 2.24) is 15.3 Å². The van der Waals surface area contributed by atoms with Crippen molar-refractivity contribution in [2.24, 2.45) is 0 Å². The van der Waals surface area contributed by atoms with E-state index in [1.807, 2.05) is 32.0 Å². The quantitative estimate of drug-likeness (QED) is 0.672. The zero-order chi connectivity index (χ0) is 19.4. The molecule has 0 radical (unpaired) electrons. The third-order valence-corrected chi connectivity index (χ3v) is 4.17. The van der Waals surface area contributed by atoms with Crippen molar-refractivity contribution < 1.29 is 9.53 Å². The fraction of sp³-hybridized carbons (Fsp3) is 0.150. The maximum Gasteiger partial charge on any atom is 0.254 e. The number of hydrogen-bond acceptors (Lipinski definition) is 5. The van der Waals surface area contributed by atoms with Crippen molar-refractivity contribution in [3.63, 3.8) is 0 Å². The second kappa shape index (κ2) is 8.05. The van der Waals surface area contributed by atoms with Crippen LogP contribution >= 0.6 is 11.6 Å². The highest BCUT2D eigenvalue weighted by Crippen LogP contribution is 2.29. The molecule has 0 atom stereocenters. The van der Waals surface area contributed by atoms with Crippen LogP contribution in [0.1, 0.15) is 21.5 Å². The number of nitrogens with one attached hydrogen (secondary N) is 2. The van der Waals surface area contributed by atoms with Gasteiger partial charge >= 0.3 is 0 Å². The van der Waals surface area contributed by atoms with Gasteiger partial charge in [-0.3, -0.25) is 4.79 Å². The van der Waals surface area contributed by atoms with E-state index in [2.05, 4.69) is 20.6 Å². The molecule has 1 amide bonds. The van der Waals surface area contributed by atoms with E-state index in [1.54, 1.807) is 37.5 Å². The molecule has 0 spiro atoms. The largest absolute Gasteiger partial charge is 0.438 e. The Bertz CT molecular complexity index is 991. The van der Waals surface area contributed by atoms with Crippen LogP contribution in [0.4, 0.5) is 11.6 Å². The number of nitrogens with zero attached hydrogens (tertiary/aromatic N) is 2. The van der Waals surface area contributed by atoms with Crippen LogP contribution in [0.3, 0.4) is 0 Å². The first-order valence-electron chi connectivity index (χ1n) is 8.33. The summed E-state index contributed by atoms with van der Waals surface area (Å²) in [6.07, 6.45) is 1.65. The number of benzene rings is 2. The fourth-order valence-corrected chi connectivity index (χ4v) is 2.70. The second-order valence-electron chi connectivity index (χ2n) is 5.97. The van der Waals surface area contributed by atoms with Crippen LogP contribution in [0, 0.1) is 13.8 Å². The number of aromatic nitrogens is 2. The normalized spacial score (nSPS) is 10.4. The molecule has 2 aromatic carbocycles. The summed E-state index contributed by atoms with van der Waals surface area (Å²) in [4.78, 5) is 20.7. The van der Waals surface area contributed by atoms with Gasteiger partial charge in [0.2, 0.25) is 11.8 Å². The number of ether oxygens (including phenoxy) is 1. The fourth-order valence-electron chi connectivity index (χ4n) is 2.41. The second-order valence-corrected chi connectivity index (χ2v) is 6.37. The topological polar surface area (TPSA) is 76.1 Å². The lowest BCUT2D eigenvalue weighted by Crippen LogP contribution is -2.18. The third-order valence-electron chi connectivity index (χ3n) is 3.86. The van der Waals surface area contributed by atoms with Gasteiger partial charge in [-0.05, 0) is 43.7 Å². The summed E-state index contributed by atoms with van der Waals surface area (Å²) in [5, 5.41) is 6.26. The van der Waals surface area contributed by atoms with E-state index < -0.39 is 0 Å². The van der Waals surface area contributed by atoms with Crippen molar-refractivity contribution >= 4 is 29.1 Å². The minimum absolute atomic E-state index is 0.234. The minimum atomic E-state index is -0.234. The predicted molar refractivity (Wildman–Crippen MR) is 106 cm³/mol. The number of carbonyl (C=O) groups is 1. The first kappa shape index (κ1) is 18.7. The molecule has 0 bridgehead atoms. The van der Waals surface area contributed by atoms with E-state index in [9.17, 15) is 4.79 Å². The molecule has 1 heterocycles. The Labute approximate surface area is 162 Å². The van der Waals surface area contributed by atoms with Gasteiger partial charge < -0.3 is 15.4 Å². The van der Waals surface area contributed by atoms with Crippen LogP contribution in [-0.4, -0.2) is 22.9 Å². The van der Waals surface area contributed by atoms with E-state index in [-0.39, 0.29) is 5.91 Å². The molecule has 6 nitrogen and oxygen atoms in total. The average Bonchev–Trinajstić information content (AvgIpc) is 2.66. The molecule has 7 heteroatoms. The molecule has 0 unspecified atom stereocenters. The van der Waals surface area contributed by atoms with Gasteiger partial charge in [0.1, 0.15) is 5.75 Å². The van der Waals surface area contributed by atoms with E-state index in [0.717, 1.165) is 11.1 Å². The highest BCUT2D eigenvalue weighted by molar-refractivity contribution is 6.33. The summed E-state index contributed by atoms with van der Waals surface area (Å²) >= 11 is 6.26. The Kier molecular flexibility index (Phi) is 5.57. The summed E-state index contributed by atoms with van der Waals surface area (Å²) in [6.45, 7) is 3.80. The number of hydrogen-bond donors (Lipinski definition) is 2. The molecule has 0 saturated heterocycles. The molecule has 2 N–H and O–H groups in total. The minimum Gasteiger partial charge on any atom is -0.438 e. The van der Waals surface area contributed by atoms with E-state index in [0.29, 0.717) is 33.9 Å². The Morgan fingerprint density at radius 3 is 2.67 bits per heavy atom. The summed E-state index contributed by atoms with van der Waals surface area (Å²) < 4.78 is 5.91. The molecule has 0 aliphatic carbocycles. The maximum atomic E-state index is 12.0. The van der Waals surface area contributed by atoms with Gasteiger partial charge in [0.25, 0.3) is 5.91 Å². The van der Waals surface area contributed by atoms with Crippen molar-refractivity contribution in [3.8, 4) is 11.6 Å². The van der Waals surface area contributed by atoms with Crippen molar-refractivity contribution in [2.75, 3.05) is 12.4 Å². The van der Waals surface area contributed by atoms with Gasteiger partial charge in [0, 0.05) is 18.8 Å². The summed E-state index contributed by atoms with van der Waals surface area (Å²) in [7, 11) is 1.57. The maximum absolute atomic E-state index is 12.0. The van der Waals surface area contributed by atoms with E-state index >= 15 is 0 Å². The van der Waals surface area contributed by atoms with E-state index in [1.165, 1.54) is 0 Å². The van der Waals surface area contributed by atoms with Gasteiger partial charge in [-0.1, -0.05) is 29.8 Å². The van der Waals surface area contributed by atoms with Crippen molar-refractivity contribution in [3.05, 3.63) is 70.4 Å². The monoisotopic (exact) mass is 382 g/mol. The van der Waals surface area contributed by atoms with Crippen LogP contribution in [0.2, 0.25) is 5.02 Å². The molecular weight excluding hydrogens is 364 g/mol. The number of anilines is 2. The Morgan fingerprint density at radius 2 is 1.93 bits per heavy atom. The molecule has 3 aromatic rings. The van der Waals surface area contributed by atoms with E-state index in [4.69, 9.17) is 16.3 Å². The number of carbonyl (C=O) groups excluding carboxylic acids is 1. The lowest BCUT2D eigenvalue weighted by Gasteiger charge is -2.13. The van der Waals surface area contributed by atoms with Crippen LogP contribution in [0.5, 0.6) is 11.6 Å². The first-order valence-corrected chi connectivity index (χ1v) is 8.71. The number of aryl methyl sites for hydroxylation is 2. The van der Waals surface area contributed by atoms with Gasteiger partial charge in [-0.25, -0.2) is 4.98 Å². The van der Waals surface area contributed by atoms with Crippen LogP contribution < -0.4 is 15.4 Å². The Balaban J connectivity index is 1.89. The number of para-hydroxylation sites is 1. The summed E-state index contributed by atoms with van der Waals surface area (Å²) in [6, 6.07) is 12.6.